The van der Waals surface area contributed by atoms with Crippen molar-refractivity contribution in [3.8, 4) is 0 Å². The highest BCUT2D eigenvalue weighted by Crippen LogP contribution is 2.23. The zero-order valence-corrected chi connectivity index (χ0v) is 10.7. The summed E-state index contributed by atoms with van der Waals surface area (Å²) in [6.45, 7) is 5.31. The lowest BCUT2D eigenvalue weighted by Gasteiger charge is -2.39. The molecule has 1 saturated heterocycles. The molecule has 1 aromatic rings. The molecule has 1 aromatic heterocycles. The third kappa shape index (κ3) is 2.28. The SMILES string of the molecule is NCC(C1CCCOC1)N1CCn2cnnc2C1. The fourth-order valence-electron chi connectivity index (χ4n) is 3.08. The molecule has 6 heteroatoms. The molecule has 6 nitrogen and oxygen atoms in total. The topological polar surface area (TPSA) is 69.2 Å². The molecule has 0 radical (unpaired) electrons. The minimum absolute atomic E-state index is 0.413. The van der Waals surface area contributed by atoms with Crippen LogP contribution in [0.4, 0.5) is 0 Å². The number of nitrogens with two attached hydrogens (primary N) is 1. The van der Waals surface area contributed by atoms with Gasteiger partial charge in [0.25, 0.3) is 0 Å². The largest absolute Gasteiger partial charge is 0.381 e. The highest BCUT2D eigenvalue weighted by molar-refractivity contribution is 4.93. The van der Waals surface area contributed by atoms with Gasteiger partial charge in [-0.25, -0.2) is 0 Å². The lowest BCUT2D eigenvalue weighted by Crippen LogP contribution is -2.50. The Morgan fingerprint density at radius 2 is 2.44 bits per heavy atom. The second-order valence-electron chi connectivity index (χ2n) is 5.19. The van der Waals surface area contributed by atoms with Gasteiger partial charge in [-0.2, -0.15) is 0 Å². The van der Waals surface area contributed by atoms with Crippen LogP contribution >= 0.6 is 0 Å². The molecule has 0 bridgehead atoms. The third-order valence-electron chi connectivity index (χ3n) is 4.12. The van der Waals surface area contributed by atoms with E-state index in [0.29, 0.717) is 18.5 Å². The molecule has 100 valence electrons. The normalized spacial score (nSPS) is 26.8. The van der Waals surface area contributed by atoms with Gasteiger partial charge in [0.2, 0.25) is 0 Å². The maximum absolute atomic E-state index is 5.99. The van der Waals surface area contributed by atoms with Gasteiger partial charge in [-0.1, -0.05) is 0 Å². The van der Waals surface area contributed by atoms with Crippen LogP contribution in [0.3, 0.4) is 0 Å². The van der Waals surface area contributed by atoms with Gasteiger partial charge in [-0.15, -0.1) is 10.2 Å². The van der Waals surface area contributed by atoms with Gasteiger partial charge in [-0.3, -0.25) is 4.90 Å². The Balaban J connectivity index is 1.69. The van der Waals surface area contributed by atoms with Crippen molar-refractivity contribution in [3.63, 3.8) is 0 Å². The molecule has 0 amide bonds. The van der Waals surface area contributed by atoms with Gasteiger partial charge in [-0.05, 0) is 18.8 Å². The summed E-state index contributed by atoms with van der Waals surface area (Å²) in [7, 11) is 0. The van der Waals surface area contributed by atoms with Crippen molar-refractivity contribution in [1.82, 2.24) is 19.7 Å². The van der Waals surface area contributed by atoms with Crippen LogP contribution in [0.1, 0.15) is 18.7 Å². The van der Waals surface area contributed by atoms with Crippen LogP contribution in [0, 0.1) is 5.92 Å². The summed E-state index contributed by atoms with van der Waals surface area (Å²) in [6, 6.07) is 0.413. The van der Waals surface area contributed by atoms with E-state index in [1.807, 2.05) is 6.33 Å². The number of fused-ring (bicyclic) bond motifs is 1. The van der Waals surface area contributed by atoms with Crippen molar-refractivity contribution in [2.45, 2.75) is 32.0 Å². The summed E-state index contributed by atoms with van der Waals surface area (Å²) < 4.78 is 7.72. The van der Waals surface area contributed by atoms with Gasteiger partial charge in [0, 0.05) is 32.3 Å². The summed E-state index contributed by atoms with van der Waals surface area (Å²) in [5.74, 6) is 1.62. The molecule has 2 aliphatic heterocycles. The first-order chi connectivity index (χ1) is 8.88. The standard InChI is InChI=1S/C12H21N5O/c13-6-11(10-2-1-5-18-8-10)16-3-4-17-9-14-15-12(17)7-16/h9-11H,1-8,13H2. The molecule has 3 heterocycles. The average molecular weight is 251 g/mol. The molecule has 2 N–H and O–H groups in total. The smallest absolute Gasteiger partial charge is 0.147 e. The van der Waals surface area contributed by atoms with Gasteiger partial charge in [0.15, 0.2) is 0 Å². The Bertz CT molecular complexity index is 388. The van der Waals surface area contributed by atoms with Crippen LogP contribution in [0.5, 0.6) is 0 Å². The molecule has 1 fully saturated rings. The summed E-state index contributed by atoms with van der Waals surface area (Å²) >= 11 is 0. The van der Waals surface area contributed by atoms with Gasteiger partial charge < -0.3 is 15.0 Å². The van der Waals surface area contributed by atoms with Crippen molar-refractivity contribution in [3.05, 3.63) is 12.2 Å². The number of hydrogen-bond donors (Lipinski definition) is 1. The number of nitrogens with zero attached hydrogens (tertiary/aromatic N) is 4. The van der Waals surface area contributed by atoms with Crippen molar-refractivity contribution < 1.29 is 4.74 Å². The monoisotopic (exact) mass is 251 g/mol. The molecule has 2 atom stereocenters. The molecule has 0 spiro atoms. The Kier molecular flexibility index (Phi) is 3.58. The Morgan fingerprint density at radius 1 is 1.50 bits per heavy atom. The van der Waals surface area contributed by atoms with Crippen LogP contribution in [-0.4, -0.2) is 52.0 Å². The maximum Gasteiger partial charge on any atom is 0.147 e. The molecule has 0 aromatic carbocycles. The van der Waals surface area contributed by atoms with E-state index in [9.17, 15) is 0 Å². The molecule has 0 saturated carbocycles. The van der Waals surface area contributed by atoms with E-state index >= 15 is 0 Å². The molecule has 18 heavy (non-hydrogen) atoms. The number of hydrogen-bond acceptors (Lipinski definition) is 5. The fraction of sp³-hybridized carbons (Fsp3) is 0.833. The van der Waals surface area contributed by atoms with E-state index in [4.69, 9.17) is 10.5 Å². The molecule has 2 unspecified atom stereocenters. The first kappa shape index (κ1) is 12.1. The van der Waals surface area contributed by atoms with Gasteiger partial charge in [0.05, 0.1) is 13.2 Å². The second-order valence-corrected chi connectivity index (χ2v) is 5.19. The van der Waals surface area contributed by atoms with E-state index < -0.39 is 0 Å². The van der Waals surface area contributed by atoms with Crippen LogP contribution in [0.15, 0.2) is 6.33 Å². The first-order valence-electron chi connectivity index (χ1n) is 6.77. The van der Waals surface area contributed by atoms with E-state index in [2.05, 4.69) is 19.7 Å². The number of ether oxygens (including phenoxy) is 1. The number of rotatable bonds is 3. The summed E-state index contributed by atoms with van der Waals surface area (Å²) in [6.07, 6.45) is 4.20. The highest BCUT2D eigenvalue weighted by atomic mass is 16.5. The van der Waals surface area contributed by atoms with E-state index in [-0.39, 0.29) is 0 Å². The zero-order valence-electron chi connectivity index (χ0n) is 10.7. The quantitative estimate of drug-likeness (QED) is 0.809. The van der Waals surface area contributed by atoms with Crippen LogP contribution in [-0.2, 0) is 17.8 Å². The van der Waals surface area contributed by atoms with Crippen molar-refractivity contribution in [2.24, 2.45) is 11.7 Å². The predicted molar refractivity (Wildman–Crippen MR) is 66.8 cm³/mol. The minimum atomic E-state index is 0.413. The molecule has 3 rings (SSSR count). The van der Waals surface area contributed by atoms with Crippen LogP contribution in [0.25, 0.3) is 0 Å². The van der Waals surface area contributed by atoms with E-state index in [1.165, 1.54) is 6.42 Å². The minimum Gasteiger partial charge on any atom is -0.381 e. The Labute approximate surface area is 107 Å². The van der Waals surface area contributed by atoms with Crippen LogP contribution < -0.4 is 5.73 Å². The van der Waals surface area contributed by atoms with Gasteiger partial charge in [0.1, 0.15) is 12.2 Å². The van der Waals surface area contributed by atoms with E-state index in [1.54, 1.807) is 0 Å². The molecular formula is C12H21N5O. The summed E-state index contributed by atoms with van der Waals surface area (Å²) in [4.78, 5) is 2.45. The summed E-state index contributed by atoms with van der Waals surface area (Å²) in [5, 5.41) is 8.13. The second kappa shape index (κ2) is 5.34. The van der Waals surface area contributed by atoms with Crippen molar-refractivity contribution in [2.75, 3.05) is 26.3 Å². The highest BCUT2D eigenvalue weighted by Gasteiger charge is 2.30. The first-order valence-corrected chi connectivity index (χ1v) is 6.77. The van der Waals surface area contributed by atoms with E-state index in [0.717, 1.165) is 45.1 Å². The molecule has 2 aliphatic rings. The predicted octanol–water partition coefficient (Wildman–Crippen LogP) is -0.152. The van der Waals surface area contributed by atoms with Crippen molar-refractivity contribution in [1.29, 1.82) is 0 Å². The number of aromatic nitrogens is 3. The van der Waals surface area contributed by atoms with Crippen molar-refractivity contribution >= 4 is 0 Å². The zero-order chi connectivity index (χ0) is 12.4. The third-order valence-corrected chi connectivity index (χ3v) is 4.12. The average Bonchev–Trinajstić information content (AvgIpc) is 2.88. The van der Waals surface area contributed by atoms with Crippen LogP contribution in [0.2, 0.25) is 0 Å². The van der Waals surface area contributed by atoms with Gasteiger partial charge >= 0.3 is 0 Å². The Hall–Kier alpha value is -0.980. The summed E-state index contributed by atoms with van der Waals surface area (Å²) in [5.41, 5.74) is 5.99. The Morgan fingerprint density at radius 3 is 3.22 bits per heavy atom. The molecular weight excluding hydrogens is 230 g/mol. The molecule has 0 aliphatic carbocycles. The fourth-order valence-corrected chi connectivity index (χ4v) is 3.08. The lowest BCUT2D eigenvalue weighted by atomic mass is 9.92. The lowest BCUT2D eigenvalue weighted by molar-refractivity contribution is 0.00371. The maximum atomic E-state index is 5.99.